The lowest BCUT2D eigenvalue weighted by Crippen LogP contribution is -2.42. The summed E-state index contributed by atoms with van der Waals surface area (Å²) in [5.41, 5.74) is 0.289. The highest BCUT2D eigenvalue weighted by Crippen LogP contribution is 2.69. The first-order chi connectivity index (χ1) is 8.15. The van der Waals surface area contributed by atoms with Gasteiger partial charge in [0.1, 0.15) is 6.10 Å². The average molecular weight is 236 g/mol. The second-order valence-electron chi connectivity index (χ2n) is 6.48. The standard InChI is InChI=1S/C15H24O2/c1-4-6-15(7-5-2)11-8-10-12(15)14(16)17-13(10)9(11)3/h9-13H,4-8H2,1-3H3. The van der Waals surface area contributed by atoms with Gasteiger partial charge in [0, 0.05) is 5.92 Å². The van der Waals surface area contributed by atoms with Gasteiger partial charge in [0.05, 0.1) is 5.92 Å². The SMILES string of the molecule is CCCC1(CCC)C2CC3C(OC(=O)C31)C2C. The largest absolute Gasteiger partial charge is 0.462 e. The van der Waals surface area contributed by atoms with Crippen LogP contribution in [0.4, 0.5) is 0 Å². The van der Waals surface area contributed by atoms with Crippen molar-refractivity contribution >= 4 is 5.97 Å². The van der Waals surface area contributed by atoms with Crippen LogP contribution in [0.1, 0.15) is 52.9 Å². The van der Waals surface area contributed by atoms with Crippen LogP contribution in [0.2, 0.25) is 0 Å². The average Bonchev–Trinajstić information content (AvgIpc) is 2.84. The first-order valence-corrected chi connectivity index (χ1v) is 7.36. The minimum Gasteiger partial charge on any atom is -0.462 e. The number of hydrogen-bond acceptors (Lipinski definition) is 2. The van der Waals surface area contributed by atoms with Gasteiger partial charge in [0.25, 0.3) is 0 Å². The zero-order valence-corrected chi connectivity index (χ0v) is 11.2. The third kappa shape index (κ3) is 1.25. The van der Waals surface area contributed by atoms with Crippen LogP contribution in [0.15, 0.2) is 0 Å². The predicted molar refractivity (Wildman–Crippen MR) is 66.4 cm³/mol. The highest BCUT2D eigenvalue weighted by atomic mass is 16.6. The summed E-state index contributed by atoms with van der Waals surface area (Å²) in [5.74, 6) is 2.28. The minimum atomic E-state index is 0.133. The molecule has 5 atom stereocenters. The molecule has 3 fully saturated rings. The lowest BCUT2D eigenvalue weighted by atomic mass is 9.59. The van der Waals surface area contributed by atoms with Crippen LogP contribution >= 0.6 is 0 Å². The van der Waals surface area contributed by atoms with Crippen LogP contribution in [0.25, 0.3) is 0 Å². The van der Waals surface area contributed by atoms with Crippen molar-refractivity contribution in [1.82, 2.24) is 0 Å². The lowest BCUT2D eigenvalue weighted by molar-refractivity contribution is -0.146. The van der Waals surface area contributed by atoms with E-state index in [1.807, 2.05) is 0 Å². The molecule has 17 heavy (non-hydrogen) atoms. The zero-order valence-electron chi connectivity index (χ0n) is 11.2. The molecule has 2 nitrogen and oxygen atoms in total. The van der Waals surface area contributed by atoms with Crippen molar-refractivity contribution in [3.8, 4) is 0 Å². The molecule has 96 valence electrons. The molecule has 3 aliphatic rings. The molecule has 2 bridgehead atoms. The van der Waals surface area contributed by atoms with Crippen LogP contribution in [0.3, 0.4) is 0 Å². The Hall–Kier alpha value is -0.530. The van der Waals surface area contributed by atoms with Gasteiger partial charge in [-0.05, 0) is 36.5 Å². The summed E-state index contributed by atoms with van der Waals surface area (Å²) >= 11 is 0. The summed E-state index contributed by atoms with van der Waals surface area (Å²) in [5, 5.41) is 0. The summed E-state index contributed by atoms with van der Waals surface area (Å²) in [6.07, 6.45) is 6.36. The van der Waals surface area contributed by atoms with E-state index in [-0.39, 0.29) is 23.4 Å². The van der Waals surface area contributed by atoms with Gasteiger partial charge in [-0.15, -0.1) is 0 Å². The molecule has 0 aromatic rings. The summed E-state index contributed by atoms with van der Waals surface area (Å²) in [6, 6.07) is 0. The van der Waals surface area contributed by atoms with E-state index in [0.29, 0.717) is 11.8 Å². The van der Waals surface area contributed by atoms with Crippen LogP contribution in [-0.4, -0.2) is 12.1 Å². The van der Waals surface area contributed by atoms with E-state index in [2.05, 4.69) is 20.8 Å². The fourth-order valence-corrected chi connectivity index (χ4v) is 5.55. The molecule has 0 aromatic heterocycles. The van der Waals surface area contributed by atoms with Crippen molar-refractivity contribution in [3.05, 3.63) is 0 Å². The zero-order chi connectivity index (χ0) is 12.2. The van der Waals surface area contributed by atoms with E-state index >= 15 is 0 Å². The molecule has 5 unspecified atom stereocenters. The smallest absolute Gasteiger partial charge is 0.310 e. The second-order valence-corrected chi connectivity index (χ2v) is 6.48. The normalized spacial score (nSPS) is 45.4. The molecule has 1 aliphatic heterocycles. The quantitative estimate of drug-likeness (QED) is 0.699. The van der Waals surface area contributed by atoms with Gasteiger partial charge in [-0.1, -0.05) is 33.6 Å². The van der Waals surface area contributed by atoms with Gasteiger partial charge in [0.15, 0.2) is 0 Å². The van der Waals surface area contributed by atoms with E-state index in [1.54, 1.807) is 0 Å². The first kappa shape index (κ1) is 11.6. The van der Waals surface area contributed by atoms with Gasteiger partial charge < -0.3 is 4.74 Å². The van der Waals surface area contributed by atoms with E-state index in [9.17, 15) is 4.79 Å². The van der Waals surface area contributed by atoms with Gasteiger partial charge in [0.2, 0.25) is 0 Å². The van der Waals surface area contributed by atoms with Gasteiger partial charge in [-0.3, -0.25) is 4.79 Å². The summed E-state index contributed by atoms with van der Waals surface area (Å²) in [7, 11) is 0. The molecule has 2 saturated carbocycles. The van der Waals surface area contributed by atoms with Crippen molar-refractivity contribution in [2.45, 2.75) is 59.0 Å². The molecule has 1 saturated heterocycles. The molecule has 2 heteroatoms. The van der Waals surface area contributed by atoms with Crippen LogP contribution < -0.4 is 0 Å². The number of carbonyl (C=O) groups excluding carboxylic acids is 1. The molecular formula is C15H24O2. The van der Waals surface area contributed by atoms with Crippen molar-refractivity contribution in [1.29, 1.82) is 0 Å². The highest BCUT2D eigenvalue weighted by Gasteiger charge is 2.70. The molecular weight excluding hydrogens is 212 g/mol. The molecule has 0 aromatic carbocycles. The highest BCUT2D eigenvalue weighted by molar-refractivity contribution is 5.78. The Labute approximate surface area is 104 Å². The van der Waals surface area contributed by atoms with E-state index in [1.165, 1.54) is 32.1 Å². The molecule has 0 amide bonds. The number of esters is 1. The number of carbonyl (C=O) groups is 1. The Morgan fingerprint density at radius 1 is 1.29 bits per heavy atom. The Morgan fingerprint density at radius 2 is 1.94 bits per heavy atom. The second kappa shape index (κ2) is 3.73. The maximum atomic E-state index is 12.2. The van der Waals surface area contributed by atoms with E-state index in [4.69, 9.17) is 4.74 Å². The van der Waals surface area contributed by atoms with Crippen molar-refractivity contribution in [2.24, 2.45) is 29.1 Å². The Bertz CT molecular complexity index is 330. The molecule has 0 spiro atoms. The van der Waals surface area contributed by atoms with Gasteiger partial charge in [-0.2, -0.15) is 0 Å². The number of fused-ring (bicyclic) bond motifs is 1. The molecule has 0 radical (unpaired) electrons. The molecule has 2 aliphatic carbocycles. The lowest BCUT2D eigenvalue weighted by Gasteiger charge is -2.42. The summed E-state index contributed by atoms with van der Waals surface area (Å²) in [6.45, 7) is 6.82. The number of ether oxygens (including phenoxy) is 1. The Morgan fingerprint density at radius 3 is 2.53 bits per heavy atom. The maximum Gasteiger partial charge on any atom is 0.310 e. The van der Waals surface area contributed by atoms with E-state index in [0.717, 1.165) is 5.92 Å². The van der Waals surface area contributed by atoms with Crippen molar-refractivity contribution in [3.63, 3.8) is 0 Å². The van der Waals surface area contributed by atoms with Gasteiger partial charge >= 0.3 is 5.97 Å². The van der Waals surface area contributed by atoms with Crippen LogP contribution in [0.5, 0.6) is 0 Å². The van der Waals surface area contributed by atoms with Crippen LogP contribution in [-0.2, 0) is 9.53 Å². The van der Waals surface area contributed by atoms with Gasteiger partial charge in [-0.25, -0.2) is 0 Å². The Kier molecular flexibility index (Phi) is 2.53. The molecule has 1 heterocycles. The maximum absolute atomic E-state index is 12.2. The fraction of sp³-hybridized carbons (Fsp3) is 0.933. The summed E-state index contributed by atoms with van der Waals surface area (Å²) < 4.78 is 5.66. The Balaban J connectivity index is 2.00. The molecule has 0 N–H and O–H groups in total. The summed E-state index contributed by atoms with van der Waals surface area (Å²) in [4.78, 5) is 12.2. The topological polar surface area (TPSA) is 26.3 Å². The van der Waals surface area contributed by atoms with Crippen molar-refractivity contribution < 1.29 is 9.53 Å². The minimum absolute atomic E-state index is 0.133. The third-order valence-electron chi connectivity index (χ3n) is 5.82. The number of rotatable bonds is 4. The predicted octanol–water partition coefficient (Wildman–Crippen LogP) is 3.40. The third-order valence-corrected chi connectivity index (χ3v) is 5.82. The van der Waals surface area contributed by atoms with E-state index < -0.39 is 0 Å². The fourth-order valence-electron chi connectivity index (χ4n) is 5.55. The monoisotopic (exact) mass is 236 g/mol. The number of hydrogen-bond donors (Lipinski definition) is 0. The van der Waals surface area contributed by atoms with Crippen molar-refractivity contribution in [2.75, 3.05) is 0 Å². The molecule has 3 rings (SSSR count). The van der Waals surface area contributed by atoms with Crippen LogP contribution in [0, 0.1) is 29.1 Å². The first-order valence-electron chi connectivity index (χ1n) is 7.36.